The Morgan fingerprint density at radius 1 is 1.25 bits per heavy atom. The molecule has 0 aliphatic heterocycles. The molecule has 0 aromatic rings. The molecule has 0 radical (unpaired) electrons. The van der Waals surface area contributed by atoms with Gasteiger partial charge in [0.15, 0.2) is 0 Å². The minimum Gasteiger partial charge on any atom is -0.339 e. The van der Waals surface area contributed by atoms with Crippen molar-refractivity contribution in [3.63, 3.8) is 0 Å². The van der Waals surface area contributed by atoms with Crippen molar-refractivity contribution >= 4 is 5.91 Å². The molecule has 3 heteroatoms. The van der Waals surface area contributed by atoms with Crippen LogP contribution in [0.15, 0.2) is 0 Å². The number of rotatable bonds is 8. The van der Waals surface area contributed by atoms with E-state index in [0.29, 0.717) is 36.8 Å². The van der Waals surface area contributed by atoms with E-state index in [4.69, 9.17) is 5.73 Å². The Morgan fingerprint density at radius 2 is 1.85 bits per heavy atom. The second-order valence-electron chi connectivity index (χ2n) is 7.85. The molecule has 1 aliphatic rings. The van der Waals surface area contributed by atoms with E-state index in [9.17, 15) is 4.79 Å². The van der Waals surface area contributed by atoms with Crippen molar-refractivity contribution in [1.82, 2.24) is 4.90 Å². The van der Waals surface area contributed by atoms with Crippen molar-refractivity contribution in [1.29, 1.82) is 0 Å². The van der Waals surface area contributed by atoms with Gasteiger partial charge >= 0.3 is 0 Å². The predicted molar refractivity (Wildman–Crippen MR) is 85.4 cm³/mol. The van der Waals surface area contributed by atoms with Gasteiger partial charge in [0.05, 0.1) is 0 Å². The van der Waals surface area contributed by atoms with Crippen molar-refractivity contribution in [3.05, 3.63) is 0 Å². The minimum absolute atomic E-state index is 0.238. The SMILES string of the molecule is CC(C)CN(C(=O)CCC(CCN)C(C)(C)C)C1CC1. The van der Waals surface area contributed by atoms with Gasteiger partial charge in [0.2, 0.25) is 5.91 Å². The van der Waals surface area contributed by atoms with Gasteiger partial charge in [-0.1, -0.05) is 34.6 Å². The normalized spacial score (nSPS) is 17.4. The summed E-state index contributed by atoms with van der Waals surface area (Å²) in [6.07, 6.45) is 5.07. The van der Waals surface area contributed by atoms with Crippen LogP contribution < -0.4 is 5.73 Å². The van der Waals surface area contributed by atoms with Gasteiger partial charge in [0.25, 0.3) is 0 Å². The monoisotopic (exact) mass is 282 g/mol. The molecule has 20 heavy (non-hydrogen) atoms. The molecule has 1 aliphatic carbocycles. The molecule has 118 valence electrons. The Balaban J connectivity index is 2.50. The first-order valence-corrected chi connectivity index (χ1v) is 8.25. The molecule has 3 nitrogen and oxygen atoms in total. The van der Waals surface area contributed by atoms with E-state index in [0.717, 1.165) is 19.4 Å². The quantitative estimate of drug-likeness (QED) is 0.741. The third-order valence-corrected chi connectivity index (χ3v) is 4.32. The van der Waals surface area contributed by atoms with Gasteiger partial charge in [-0.3, -0.25) is 4.79 Å². The van der Waals surface area contributed by atoms with Crippen molar-refractivity contribution < 1.29 is 4.79 Å². The van der Waals surface area contributed by atoms with Crippen LogP contribution in [0.3, 0.4) is 0 Å². The minimum atomic E-state index is 0.238. The summed E-state index contributed by atoms with van der Waals surface area (Å²) in [5, 5.41) is 0. The Kier molecular flexibility index (Phi) is 6.50. The molecule has 1 unspecified atom stereocenters. The highest BCUT2D eigenvalue weighted by Crippen LogP contribution is 2.33. The second kappa shape index (κ2) is 7.44. The van der Waals surface area contributed by atoms with Crippen LogP contribution in [-0.4, -0.2) is 29.9 Å². The lowest BCUT2D eigenvalue weighted by molar-refractivity contribution is -0.132. The van der Waals surface area contributed by atoms with Crippen molar-refractivity contribution in [2.45, 2.75) is 72.8 Å². The summed E-state index contributed by atoms with van der Waals surface area (Å²) in [4.78, 5) is 14.6. The zero-order chi connectivity index (χ0) is 15.3. The van der Waals surface area contributed by atoms with Gasteiger partial charge < -0.3 is 10.6 Å². The summed E-state index contributed by atoms with van der Waals surface area (Å²) in [5.74, 6) is 1.45. The van der Waals surface area contributed by atoms with Crippen LogP contribution in [0.5, 0.6) is 0 Å². The number of hydrogen-bond acceptors (Lipinski definition) is 2. The number of carbonyl (C=O) groups is 1. The average Bonchev–Trinajstić information content (AvgIpc) is 3.13. The molecule has 0 aromatic heterocycles. The molecule has 0 spiro atoms. The molecule has 1 fully saturated rings. The largest absolute Gasteiger partial charge is 0.339 e. The topological polar surface area (TPSA) is 46.3 Å². The lowest BCUT2D eigenvalue weighted by atomic mass is 9.76. The number of nitrogens with zero attached hydrogens (tertiary/aromatic N) is 1. The summed E-state index contributed by atoms with van der Waals surface area (Å²) in [6, 6.07) is 0.535. The Bertz CT molecular complexity index is 303. The standard InChI is InChI=1S/C17H34N2O/c1-13(2)12-19(15-7-8-15)16(20)9-6-14(10-11-18)17(3,4)5/h13-15H,6-12,18H2,1-5H3. The van der Waals surface area contributed by atoms with E-state index in [2.05, 4.69) is 39.5 Å². The Hall–Kier alpha value is -0.570. The smallest absolute Gasteiger partial charge is 0.222 e. The second-order valence-corrected chi connectivity index (χ2v) is 7.85. The van der Waals surface area contributed by atoms with E-state index >= 15 is 0 Å². The fraction of sp³-hybridized carbons (Fsp3) is 0.941. The van der Waals surface area contributed by atoms with Crippen LogP contribution in [0, 0.1) is 17.3 Å². The number of hydrogen-bond donors (Lipinski definition) is 1. The van der Waals surface area contributed by atoms with Gasteiger partial charge in [-0.25, -0.2) is 0 Å². The summed E-state index contributed by atoms with van der Waals surface area (Å²) in [6.45, 7) is 12.8. The third-order valence-electron chi connectivity index (χ3n) is 4.32. The van der Waals surface area contributed by atoms with Crippen LogP contribution in [0.25, 0.3) is 0 Å². The van der Waals surface area contributed by atoms with Crippen LogP contribution in [0.1, 0.15) is 66.7 Å². The van der Waals surface area contributed by atoms with Gasteiger partial charge in [-0.2, -0.15) is 0 Å². The van der Waals surface area contributed by atoms with Crippen molar-refractivity contribution in [2.24, 2.45) is 23.0 Å². The zero-order valence-electron chi connectivity index (χ0n) is 14.1. The first-order chi connectivity index (χ1) is 9.25. The third kappa shape index (κ3) is 5.82. The molecule has 2 N–H and O–H groups in total. The number of nitrogens with two attached hydrogens (primary N) is 1. The highest BCUT2D eigenvalue weighted by atomic mass is 16.2. The summed E-state index contributed by atoms with van der Waals surface area (Å²) < 4.78 is 0. The van der Waals surface area contributed by atoms with E-state index in [1.54, 1.807) is 0 Å². The van der Waals surface area contributed by atoms with Gasteiger partial charge in [-0.05, 0) is 49.5 Å². The molecule has 0 aromatic carbocycles. The van der Waals surface area contributed by atoms with E-state index < -0.39 is 0 Å². The van der Waals surface area contributed by atoms with Gasteiger partial charge in [0, 0.05) is 19.0 Å². The van der Waals surface area contributed by atoms with E-state index in [1.165, 1.54) is 12.8 Å². The molecule has 0 heterocycles. The highest BCUT2D eigenvalue weighted by molar-refractivity contribution is 5.76. The van der Waals surface area contributed by atoms with Crippen LogP contribution in [0.2, 0.25) is 0 Å². The van der Waals surface area contributed by atoms with E-state index in [1.807, 2.05) is 0 Å². The lowest BCUT2D eigenvalue weighted by Crippen LogP contribution is -2.36. The van der Waals surface area contributed by atoms with Crippen LogP contribution in [0.4, 0.5) is 0 Å². The maximum Gasteiger partial charge on any atom is 0.222 e. The van der Waals surface area contributed by atoms with Crippen molar-refractivity contribution in [3.8, 4) is 0 Å². The van der Waals surface area contributed by atoms with Gasteiger partial charge in [0.1, 0.15) is 0 Å². The number of carbonyl (C=O) groups excluding carboxylic acids is 1. The molecule has 1 atom stereocenters. The summed E-state index contributed by atoms with van der Waals surface area (Å²) in [7, 11) is 0. The van der Waals surface area contributed by atoms with Crippen LogP contribution in [-0.2, 0) is 4.79 Å². The molecular formula is C17H34N2O. The molecule has 0 bridgehead atoms. The fourth-order valence-corrected chi connectivity index (χ4v) is 2.89. The lowest BCUT2D eigenvalue weighted by Gasteiger charge is -2.31. The first kappa shape index (κ1) is 17.5. The first-order valence-electron chi connectivity index (χ1n) is 8.25. The maximum atomic E-state index is 12.5. The van der Waals surface area contributed by atoms with E-state index in [-0.39, 0.29) is 5.41 Å². The van der Waals surface area contributed by atoms with Crippen LogP contribution >= 0.6 is 0 Å². The zero-order valence-corrected chi connectivity index (χ0v) is 14.1. The molecular weight excluding hydrogens is 248 g/mol. The average molecular weight is 282 g/mol. The summed E-state index contributed by atoms with van der Waals surface area (Å²) >= 11 is 0. The molecule has 0 saturated heterocycles. The maximum absolute atomic E-state index is 12.5. The van der Waals surface area contributed by atoms with Crippen molar-refractivity contribution in [2.75, 3.05) is 13.1 Å². The van der Waals surface area contributed by atoms with Gasteiger partial charge in [-0.15, -0.1) is 0 Å². The molecule has 1 rings (SSSR count). The fourth-order valence-electron chi connectivity index (χ4n) is 2.89. The summed E-state index contributed by atoms with van der Waals surface area (Å²) in [5.41, 5.74) is 5.96. The number of amides is 1. The molecule has 1 saturated carbocycles. The Labute approximate surface area is 125 Å². The Morgan fingerprint density at radius 3 is 2.25 bits per heavy atom. The predicted octanol–water partition coefficient (Wildman–Crippen LogP) is 3.42. The molecule has 1 amide bonds. The highest BCUT2D eigenvalue weighted by Gasteiger charge is 2.33.